The average molecular weight is 274 g/mol. The Kier molecular flexibility index (Phi) is 3.81. The molecule has 0 amide bonds. The van der Waals surface area contributed by atoms with Crippen LogP contribution in [0.5, 0.6) is 0 Å². The fourth-order valence-electron chi connectivity index (χ4n) is 3.26. The van der Waals surface area contributed by atoms with E-state index in [1.165, 1.54) is 32.1 Å². The van der Waals surface area contributed by atoms with E-state index in [2.05, 4.69) is 29.5 Å². The molecule has 1 aromatic rings. The van der Waals surface area contributed by atoms with Gasteiger partial charge in [-0.25, -0.2) is 9.97 Å². The van der Waals surface area contributed by atoms with Gasteiger partial charge in [-0.2, -0.15) is 0 Å². The van der Waals surface area contributed by atoms with Crippen LogP contribution in [0.1, 0.15) is 57.7 Å². The maximum Gasteiger partial charge on any atom is 0.136 e. The van der Waals surface area contributed by atoms with Crippen LogP contribution < -0.4 is 10.6 Å². The quantitative estimate of drug-likeness (QED) is 0.880. The number of rotatable bonds is 4. The Morgan fingerprint density at radius 3 is 2.45 bits per heavy atom. The van der Waals surface area contributed by atoms with Crippen LogP contribution in [0.4, 0.5) is 11.6 Å². The van der Waals surface area contributed by atoms with Crippen LogP contribution in [0.2, 0.25) is 0 Å². The summed E-state index contributed by atoms with van der Waals surface area (Å²) in [5.74, 6) is 5.11. The van der Waals surface area contributed by atoms with Crippen molar-refractivity contribution in [3.8, 4) is 0 Å². The zero-order valence-electron chi connectivity index (χ0n) is 12.8. The molecular formula is C16H26N4. The van der Waals surface area contributed by atoms with E-state index < -0.39 is 0 Å². The summed E-state index contributed by atoms with van der Waals surface area (Å²) in [7, 11) is 1.92. The van der Waals surface area contributed by atoms with Gasteiger partial charge in [-0.3, -0.25) is 0 Å². The van der Waals surface area contributed by atoms with Crippen molar-refractivity contribution < 1.29 is 0 Å². The lowest BCUT2D eigenvalue weighted by molar-refractivity contribution is 0.276. The van der Waals surface area contributed by atoms with Crippen molar-refractivity contribution in [3.63, 3.8) is 0 Å². The van der Waals surface area contributed by atoms with Crippen LogP contribution in [0.15, 0.2) is 6.07 Å². The standard InChI is InChI=1S/C16H26N4/c1-10-4-7-13(11(2)8-10)18-15-9-14(17-3)19-16(20-15)12-5-6-12/h9-13H,4-8H2,1-3H3,(H2,17,18,19,20). The number of hydrogen-bond donors (Lipinski definition) is 2. The highest BCUT2D eigenvalue weighted by Crippen LogP contribution is 2.39. The average Bonchev–Trinajstić information content (AvgIpc) is 3.26. The van der Waals surface area contributed by atoms with E-state index in [9.17, 15) is 0 Å². The molecule has 4 nitrogen and oxygen atoms in total. The lowest BCUT2D eigenvalue weighted by atomic mass is 9.80. The topological polar surface area (TPSA) is 49.8 Å². The van der Waals surface area contributed by atoms with Gasteiger partial charge >= 0.3 is 0 Å². The first-order chi connectivity index (χ1) is 9.65. The Hall–Kier alpha value is -1.32. The van der Waals surface area contributed by atoms with E-state index in [1.54, 1.807) is 0 Å². The van der Waals surface area contributed by atoms with Gasteiger partial charge in [0.15, 0.2) is 0 Å². The Bertz CT molecular complexity index is 470. The summed E-state index contributed by atoms with van der Waals surface area (Å²) in [6, 6.07) is 2.59. The van der Waals surface area contributed by atoms with Crippen molar-refractivity contribution in [2.24, 2.45) is 11.8 Å². The smallest absolute Gasteiger partial charge is 0.136 e. The molecule has 3 unspecified atom stereocenters. The van der Waals surface area contributed by atoms with Crippen LogP contribution >= 0.6 is 0 Å². The molecule has 3 rings (SSSR count). The fraction of sp³-hybridized carbons (Fsp3) is 0.750. The van der Waals surface area contributed by atoms with Crippen molar-refractivity contribution in [1.29, 1.82) is 0 Å². The van der Waals surface area contributed by atoms with Gasteiger partial charge in [0.05, 0.1) is 0 Å². The third kappa shape index (κ3) is 3.05. The zero-order chi connectivity index (χ0) is 14.1. The van der Waals surface area contributed by atoms with Crippen LogP contribution in [0.25, 0.3) is 0 Å². The summed E-state index contributed by atoms with van der Waals surface area (Å²) in [6.07, 6.45) is 6.37. The number of anilines is 2. The second kappa shape index (κ2) is 5.58. The Labute approximate surface area is 121 Å². The molecule has 0 aliphatic heterocycles. The number of hydrogen-bond acceptors (Lipinski definition) is 4. The van der Waals surface area contributed by atoms with Crippen LogP contribution in [-0.4, -0.2) is 23.1 Å². The summed E-state index contributed by atoms with van der Waals surface area (Å²) < 4.78 is 0. The molecule has 2 N–H and O–H groups in total. The van der Waals surface area contributed by atoms with E-state index in [4.69, 9.17) is 4.98 Å². The first-order valence-corrected chi connectivity index (χ1v) is 7.99. The molecule has 0 saturated heterocycles. The predicted molar refractivity (Wildman–Crippen MR) is 83.1 cm³/mol. The van der Waals surface area contributed by atoms with Crippen molar-refractivity contribution >= 4 is 11.6 Å². The lowest BCUT2D eigenvalue weighted by Gasteiger charge is -2.33. The second-order valence-electron chi connectivity index (χ2n) is 6.67. The van der Waals surface area contributed by atoms with Gasteiger partial charge < -0.3 is 10.6 Å². The monoisotopic (exact) mass is 274 g/mol. The van der Waals surface area contributed by atoms with E-state index in [-0.39, 0.29) is 0 Å². The van der Waals surface area contributed by atoms with Gasteiger partial charge in [0.25, 0.3) is 0 Å². The molecule has 0 aromatic carbocycles. The fourth-order valence-corrected chi connectivity index (χ4v) is 3.26. The van der Waals surface area contributed by atoms with Crippen LogP contribution in [0.3, 0.4) is 0 Å². The Balaban J connectivity index is 1.74. The van der Waals surface area contributed by atoms with Crippen molar-refractivity contribution in [1.82, 2.24) is 9.97 Å². The molecule has 1 heterocycles. The van der Waals surface area contributed by atoms with E-state index >= 15 is 0 Å². The van der Waals surface area contributed by atoms with Crippen molar-refractivity contribution in [2.75, 3.05) is 17.7 Å². The van der Waals surface area contributed by atoms with Crippen molar-refractivity contribution in [2.45, 2.75) is 57.9 Å². The molecular weight excluding hydrogens is 248 g/mol. The molecule has 2 saturated carbocycles. The Morgan fingerprint density at radius 1 is 1.05 bits per heavy atom. The highest BCUT2D eigenvalue weighted by molar-refractivity contribution is 5.48. The van der Waals surface area contributed by atoms with E-state index in [0.29, 0.717) is 12.0 Å². The SMILES string of the molecule is CNc1cc(NC2CCC(C)CC2C)nc(C2CC2)n1. The minimum Gasteiger partial charge on any atom is -0.373 e. The normalized spacial score (nSPS) is 30.1. The van der Waals surface area contributed by atoms with Crippen LogP contribution in [0, 0.1) is 11.8 Å². The van der Waals surface area contributed by atoms with Gasteiger partial charge in [0, 0.05) is 25.1 Å². The number of nitrogens with one attached hydrogen (secondary N) is 2. The highest BCUT2D eigenvalue weighted by atomic mass is 15.1. The molecule has 2 aliphatic rings. The number of nitrogens with zero attached hydrogens (tertiary/aromatic N) is 2. The molecule has 2 fully saturated rings. The molecule has 0 radical (unpaired) electrons. The minimum absolute atomic E-state index is 0.554. The largest absolute Gasteiger partial charge is 0.373 e. The van der Waals surface area contributed by atoms with Crippen LogP contribution in [-0.2, 0) is 0 Å². The van der Waals surface area contributed by atoms with Crippen molar-refractivity contribution in [3.05, 3.63) is 11.9 Å². The maximum absolute atomic E-state index is 4.73. The van der Waals surface area contributed by atoms with E-state index in [0.717, 1.165) is 29.3 Å². The molecule has 1 aromatic heterocycles. The second-order valence-corrected chi connectivity index (χ2v) is 6.67. The number of aromatic nitrogens is 2. The first kappa shape index (κ1) is 13.7. The molecule has 3 atom stereocenters. The molecule has 4 heteroatoms. The molecule has 2 aliphatic carbocycles. The third-order valence-corrected chi connectivity index (χ3v) is 4.71. The molecule has 0 spiro atoms. The van der Waals surface area contributed by atoms with Gasteiger partial charge in [-0.1, -0.05) is 13.8 Å². The zero-order valence-corrected chi connectivity index (χ0v) is 12.8. The van der Waals surface area contributed by atoms with Gasteiger partial charge in [0.1, 0.15) is 17.5 Å². The molecule has 110 valence electrons. The molecule has 0 bridgehead atoms. The highest BCUT2D eigenvalue weighted by Gasteiger charge is 2.29. The predicted octanol–water partition coefficient (Wildman–Crippen LogP) is 3.63. The molecule has 20 heavy (non-hydrogen) atoms. The van der Waals surface area contributed by atoms with Gasteiger partial charge in [-0.15, -0.1) is 0 Å². The summed E-state index contributed by atoms with van der Waals surface area (Å²) >= 11 is 0. The minimum atomic E-state index is 0.554. The summed E-state index contributed by atoms with van der Waals surface area (Å²) in [5.41, 5.74) is 0. The third-order valence-electron chi connectivity index (χ3n) is 4.71. The lowest BCUT2D eigenvalue weighted by Crippen LogP contribution is -2.33. The Morgan fingerprint density at radius 2 is 1.80 bits per heavy atom. The van der Waals surface area contributed by atoms with Gasteiger partial charge in [-0.05, 0) is 43.9 Å². The summed E-state index contributed by atoms with van der Waals surface area (Å²) in [6.45, 7) is 4.72. The summed E-state index contributed by atoms with van der Waals surface area (Å²) in [5, 5.41) is 6.81. The summed E-state index contributed by atoms with van der Waals surface area (Å²) in [4.78, 5) is 9.30. The maximum atomic E-state index is 4.73. The first-order valence-electron chi connectivity index (χ1n) is 7.99. The van der Waals surface area contributed by atoms with E-state index in [1.807, 2.05) is 13.1 Å². The van der Waals surface area contributed by atoms with Gasteiger partial charge in [0.2, 0.25) is 0 Å².